The van der Waals surface area contributed by atoms with Crippen LogP contribution < -0.4 is 20.7 Å². The zero-order valence-electron chi connectivity index (χ0n) is 25.6. The summed E-state index contributed by atoms with van der Waals surface area (Å²) in [5.74, 6) is 0.316. The predicted molar refractivity (Wildman–Crippen MR) is 173 cm³/mol. The number of piperazine rings is 1. The van der Waals surface area contributed by atoms with Gasteiger partial charge in [-0.2, -0.15) is 0 Å². The van der Waals surface area contributed by atoms with Crippen molar-refractivity contribution in [2.45, 2.75) is 12.5 Å². The van der Waals surface area contributed by atoms with Crippen LogP contribution in [0.5, 0.6) is 5.75 Å². The third-order valence-corrected chi connectivity index (χ3v) is 7.45. The van der Waals surface area contributed by atoms with Crippen molar-refractivity contribution < 1.29 is 23.5 Å². The van der Waals surface area contributed by atoms with Crippen LogP contribution in [0.1, 0.15) is 38.9 Å². The summed E-state index contributed by atoms with van der Waals surface area (Å²) < 4.78 is 11.8. The molecule has 1 aliphatic rings. The minimum Gasteiger partial charge on any atom is -0.494 e. The van der Waals surface area contributed by atoms with Gasteiger partial charge in [0.05, 0.1) is 6.61 Å². The van der Waals surface area contributed by atoms with Crippen molar-refractivity contribution >= 4 is 23.4 Å². The molecule has 45 heavy (non-hydrogen) atoms. The van der Waals surface area contributed by atoms with Crippen LogP contribution in [0.4, 0.5) is 5.69 Å². The molecule has 3 amide bonds. The Morgan fingerprint density at radius 2 is 1.67 bits per heavy atom. The molecule has 1 fully saturated rings. The van der Waals surface area contributed by atoms with Crippen LogP contribution in [0.3, 0.4) is 0 Å². The predicted octanol–water partition coefficient (Wildman–Crippen LogP) is 4.43. The number of benzene rings is 3. The van der Waals surface area contributed by atoms with E-state index in [4.69, 9.17) is 9.15 Å². The number of carbonyl (C=O) groups excluding carboxylic acids is 3. The van der Waals surface area contributed by atoms with E-state index >= 15 is 0 Å². The van der Waals surface area contributed by atoms with E-state index in [0.717, 1.165) is 13.0 Å². The lowest BCUT2D eigenvalue weighted by Gasteiger charge is -2.31. The number of hydrogen-bond donors (Lipinski definition) is 3. The van der Waals surface area contributed by atoms with Gasteiger partial charge in [-0.3, -0.25) is 14.4 Å². The van der Waals surface area contributed by atoms with E-state index in [-0.39, 0.29) is 17.6 Å². The van der Waals surface area contributed by atoms with E-state index in [1.807, 2.05) is 50.5 Å². The Morgan fingerprint density at radius 3 is 2.40 bits per heavy atom. The van der Waals surface area contributed by atoms with Gasteiger partial charge >= 0.3 is 0 Å². The second-order valence-electron chi connectivity index (χ2n) is 11.1. The molecular formula is C35H39N5O5. The highest BCUT2D eigenvalue weighted by Crippen LogP contribution is 2.26. The first-order chi connectivity index (χ1) is 21.9. The molecule has 0 bridgehead atoms. The number of amides is 3. The Balaban J connectivity index is 1.29. The van der Waals surface area contributed by atoms with Gasteiger partial charge in [-0.25, -0.2) is 0 Å². The Hall–Kier alpha value is -4.93. The average Bonchev–Trinajstić information content (AvgIpc) is 3.57. The lowest BCUT2D eigenvalue weighted by atomic mass is 10.0. The fourth-order valence-electron chi connectivity index (χ4n) is 5.04. The third kappa shape index (κ3) is 8.59. The molecule has 1 aromatic heterocycles. The van der Waals surface area contributed by atoms with Crippen LogP contribution in [-0.4, -0.2) is 80.9 Å². The molecule has 0 spiro atoms. The summed E-state index contributed by atoms with van der Waals surface area (Å²) in [6.07, 6.45) is 0.896. The van der Waals surface area contributed by atoms with Gasteiger partial charge in [0.1, 0.15) is 17.6 Å². The van der Waals surface area contributed by atoms with Crippen molar-refractivity contribution in [3.05, 3.63) is 108 Å². The first kappa shape index (κ1) is 31.5. The van der Waals surface area contributed by atoms with Gasteiger partial charge < -0.3 is 34.9 Å². The van der Waals surface area contributed by atoms with Crippen LogP contribution >= 0.6 is 0 Å². The fraction of sp³-hybridized carbons (Fsp3) is 0.286. The van der Waals surface area contributed by atoms with E-state index in [1.54, 1.807) is 59.5 Å². The number of ether oxygens (including phenoxy) is 1. The van der Waals surface area contributed by atoms with Crippen molar-refractivity contribution in [3.8, 4) is 17.1 Å². The van der Waals surface area contributed by atoms with Crippen LogP contribution in [0, 0.1) is 0 Å². The summed E-state index contributed by atoms with van der Waals surface area (Å²) in [7, 11) is 4.04. The van der Waals surface area contributed by atoms with Crippen molar-refractivity contribution in [3.63, 3.8) is 0 Å². The van der Waals surface area contributed by atoms with Gasteiger partial charge in [0.2, 0.25) is 5.91 Å². The molecule has 0 saturated carbocycles. The summed E-state index contributed by atoms with van der Waals surface area (Å²) >= 11 is 0. The molecule has 10 nitrogen and oxygen atoms in total. The number of rotatable bonds is 12. The number of furan rings is 1. The van der Waals surface area contributed by atoms with Crippen molar-refractivity contribution in [1.82, 2.24) is 20.4 Å². The molecule has 2 heterocycles. The maximum atomic E-state index is 13.7. The van der Waals surface area contributed by atoms with Crippen LogP contribution in [0.25, 0.3) is 11.3 Å². The van der Waals surface area contributed by atoms with Gasteiger partial charge in [-0.1, -0.05) is 42.5 Å². The number of nitrogens with one attached hydrogen (secondary N) is 3. The maximum Gasteiger partial charge on any atom is 0.287 e. The Bertz CT molecular complexity index is 1580. The van der Waals surface area contributed by atoms with Crippen molar-refractivity contribution in [2.75, 3.05) is 58.7 Å². The minimum atomic E-state index is -0.900. The average molecular weight is 610 g/mol. The molecule has 0 radical (unpaired) electrons. The molecular weight excluding hydrogens is 570 g/mol. The number of carbonyl (C=O) groups is 3. The van der Waals surface area contributed by atoms with Crippen LogP contribution in [0.15, 0.2) is 95.4 Å². The smallest absolute Gasteiger partial charge is 0.287 e. The van der Waals surface area contributed by atoms with Crippen LogP contribution in [0.2, 0.25) is 0 Å². The first-order valence-electron chi connectivity index (χ1n) is 15.1. The molecule has 4 aromatic rings. The minimum absolute atomic E-state index is 0.0719. The van der Waals surface area contributed by atoms with E-state index in [2.05, 4.69) is 20.9 Å². The molecule has 3 N–H and O–H groups in total. The van der Waals surface area contributed by atoms with E-state index in [9.17, 15) is 14.4 Å². The topological polar surface area (TPSA) is 116 Å². The van der Waals surface area contributed by atoms with Crippen molar-refractivity contribution in [1.29, 1.82) is 0 Å². The molecule has 5 rings (SSSR count). The second-order valence-corrected chi connectivity index (χ2v) is 11.1. The number of hydrogen-bond acceptors (Lipinski definition) is 7. The Kier molecular flexibility index (Phi) is 10.6. The Morgan fingerprint density at radius 1 is 0.911 bits per heavy atom. The van der Waals surface area contributed by atoms with E-state index in [1.165, 1.54) is 0 Å². The Labute approximate surface area is 263 Å². The second kappa shape index (κ2) is 15.2. The highest BCUT2D eigenvalue weighted by Gasteiger charge is 2.29. The summed E-state index contributed by atoms with van der Waals surface area (Å²) in [6, 6.07) is 25.8. The summed E-state index contributed by atoms with van der Waals surface area (Å²) in [6.45, 7) is 4.01. The first-order valence-corrected chi connectivity index (χ1v) is 15.1. The molecule has 1 atom stereocenters. The van der Waals surface area contributed by atoms with Gasteiger partial charge in [0, 0.05) is 49.5 Å². The van der Waals surface area contributed by atoms with Gasteiger partial charge in [-0.05, 0) is 74.6 Å². The molecule has 1 saturated heterocycles. The van der Waals surface area contributed by atoms with E-state index in [0.29, 0.717) is 66.7 Å². The highest BCUT2D eigenvalue weighted by atomic mass is 16.5. The van der Waals surface area contributed by atoms with Crippen molar-refractivity contribution in [2.24, 2.45) is 0 Å². The summed E-state index contributed by atoms with van der Waals surface area (Å²) in [4.78, 5) is 43.6. The zero-order valence-corrected chi connectivity index (χ0v) is 25.6. The SMILES string of the molecule is CN(C)CCCOc1ccc(C(NC(=O)c2ccc(-c3cccc(NC(=O)c4ccccc4)c3)o2)C(=O)N2CCNCC2)cc1. The molecule has 1 unspecified atom stereocenters. The third-order valence-electron chi connectivity index (χ3n) is 7.45. The number of anilines is 1. The monoisotopic (exact) mass is 609 g/mol. The zero-order chi connectivity index (χ0) is 31.6. The summed E-state index contributed by atoms with van der Waals surface area (Å²) in [5, 5.41) is 9.05. The molecule has 234 valence electrons. The lowest BCUT2D eigenvalue weighted by molar-refractivity contribution is -0.134. The molecule has 1 aliphatic heterocycles. The summed E-state index contributed by atoms with van der Waals surface area (Å²) in [5.41, 5.74) is 2.48. The highest BCUT2D eigenvalue weighted by molar-refractivity contribution is 6.04. The quantitative estimate of drug-likeness (QED) is 0.204. The molecule has 10 heteroatoms. The van der Waals surface area contributed by atoms with Gasteiger partial charge in [0.15, 0.2) is 5.76 Å². The fourth-order valence-corrected chi connectivity index (χ4v) is 5.04. The largest absolute Gasteiger partial charge is 0.494 e. The normalized spacial score (nSPS) is 13.7. The standard InChI is InChI=1S/C35H39N5O5/c1-39(2)20-7-23-44-29-14-12-25(13-15-29)32(35(43)40-21-18-36-19-22-40)38-34(42)31-17-16-30(45-31)27-10-6-11-28(24-27)37-33(41)26-8-4-3-5-9-26/h3-6,8-17,24,32,36H,7,18-23H2,1-2H3,(H,37,41)(H,38,42). The van der Waals surface area contributed by atoms with E-state index < -0.39 is 11.9 Å². The maximum absolute atomic E-state index is 13.7. The van der Waals surface area contributed by atoms with Gasteiger partial charge in [-0.15, -0.1) is 0 Å². The molecule has 3 aromatic carbocycles. The lowest BCUT2D eigenvalue weighted by Crippen LogP contribution is -2.50. The number of nitrogens with zero attached hydrogens (tertiary/aromatic N) is 2. The molecule has 0 aliphatic carbocycles. The van der Waals surface area contributed by atoms with Crippen LogP contribution in [-0.2, 0) is 4.79 Å². The van der Waals surface area contributed by atoms with Gasteiger partial charge in [0.25, 0.3) is 11.8 Å².